The van der Waals surface area contributed by atoms with E-state index in [1.807, 2.05) is 19.1 Å². The van der Waals surface area contributed by atoms with Crippen molar-refractivity contribution >= 4 is 0 Å². The molecule has 4 rings (SSSR count). The highest BCUT2D eigenvalue weighted by Crippen LogP contribution is 2.39. The quantitative estimate of drug-likeness (QED) is 0.260. The van der Waals surface area contributed by atoms with Crippen molar-refractivity contribution in [2.45, 2.75) is 83.5 Å². The molecule has 0 saturated heterocycles. The van der Waals surface area contributed by atoms with Gasteiger partial charge in [0, 0.05) is 0 Å². The molecule has 1 saturated carbocycles. The molecule has 0 spiro atoms. The van der Waals surface area contributed by atoms with Crippen LogP contribution in [0.4, 0.5) is 4.39 Å². The van der Waals surface area contributed by atoms with Crippen molar-refractivity contribution < 1.29 is 4.39 Å². The smallest absolute Gasteiger partial charge is 0.126 e. The van der Waals surface area contributed by atoms with Crippen LogP contribution in [0.3, 0.4) is 0 Å². The molecule has 1 aliphatic rings. The molecule has 184 valence electrons. The summed E-state index contributed by atoms with van der Waals surface area (Å²) in [6.07, 6.45) is 14.3. The summed E-state index contributed by atoms with van der Waals surface area (Å²) in [5, 5.41) is 0. The van der Waals surface area contributed by atoms with E-state index in [-0.39, 0.29) is 5.82 Å². The van der Waals surface area contributed by atoms with Gasteiger partial charge in [0.25, 0.3) is 0 Å². The minimum Gasteiger partial charge on any atom is -0.207 e. The van der Waals surface area contributed by atoms with E-state index >= 15 is 0 Å². The second kappa shape index (κ2) is 12.9. The van der Waals surface area contributed by atoms with E-state index in [1.54, 1.807) is 6.07 Å². The van der Waals surface area contributed by atoms with E-state index < -0.39 is 0 Å². The Bertz CT molecular complexity index is 1060. The minimum absolute atomic E-state index is 0.0592. The molecule has 3 aromatic carbocycles. The molecule has 0 radical (unpaired) electrons. The maximum atomic E-state index is 14.4. The molecule has 1 atom stereocenters. The topological polar surface area (TPSA) is 0 Å². The Hall–Kier alpha value is -2.67. The summed E-state index contributed by atoms with van der Waals surface area (Å²) < 4.78 is 14.4. The van der Waals surface area contributed by atoms with Crippen molar-refractivity contribution in [1.82, 2.24) is 0 Å². The lowest BCUT2D eigenvalue weighted by atomic mass is 9.75. The van der Waals surface area contributed by atoms with Gasteiger partial charge >= 0.3 is 0 Å². The van der Waals surface area contributed by atoms with Crippen LogP contribution >= 0.6 is 0 Å². The van der Waals surface area contributed by atoms with Crippen molar-refractivity contribution in [1.29, 1.82) is 0 Å². The maximum absolute atomic E-state index is 14.4. The first-order valence-electron chi connectivity index (χ1n) is 13.6. The molecule has 3 aromatic rings. The van der Waals surface area contributed by atoms with E-state index in [1.165, 1.54) is 48.8 Å². The number of hydrogen-bond donors (Lipinski definition) is 0. The SMILES string of the molecule is C/C=C/CCc1ccc(CCc2ccc(C3CCC(C[C@@H](C)c4ccccc4)CC3)cc2)cc1F. The Morgan fingerprint density at radius 3 is 2.20 bits per heavy atom. The fourth-order valence-corrected chi connectivity index (χ4v) is 5.75. The zero-order valence-electron chi connectivity index (χ0n) is 21.6. The van der Waals surface area contributed by atoms with E-state index in [0.717, 1.165) is 42.7 Å². The Labute approximate surface area is 212 Å². The first-order valence-corrected chi connectivity index (χ1v) is 13.6. The maximum Gasteiger partial charge on any atom is 0.126 e. The third-order valence-electron chi connectivity index (χ3n) is 7.99. The van der Waals surface area contributed by atoms with Crippen LogP contribution in [0.15, 0.2) is 84.9 Å². The van der Waals surface area contributed by atoms with Crippen LogP contribution in [0.5, 0.6) is 0 Å². The van der Waals surface area contributed by atoms with Crippen molar-refractivity contribution in [2.75, 3.05) is 0 Å². The van der Waals surface area contributed by atoms with Gasteiger partial charge in [0.1, 0.15) is 5.82 Å². The standard InChI is InChI=1S/C34H41F/c1-3-4-6-11-33-23-18-29(25-34(33)35)13-12-27-14-19-31(20-15-27)32-21-16-28(17-22-32)24-26(2)30-9-7-5-8-10-30/h3-5,7-10,14-15,18-20,23,25-26,28,32H,6,11-13,16-17,21-22,24H2,1-2H3/b4-3+/t26-,28?,32?/m1/s1. The molecule has 35 heavy (non-hydrogen) atoms. The normalized spacial score (nSPS) is 19.2. The predicted octanol–water partition coefficient (Wildman–Crippen LogP) is 9.59. The fraction of sp³-hybridized carbons (Fsp3) is 0.412. The van der Waals surface area contributed by atoms with Gasteiger partial charge in [0.2, 0.25) is 0 Å². The molecule has 0 bridgehead atoms. The van der Waals surface area contributed by atoms with Gasteiger partial charge in [-0.05, 0) is 116 Å². The van der Waals surface area contributed by atoms with Crippen molar-refractivity contribution in [2.24, 2.45) is 5.92 Å². The molecular weight excluding hydrogens is 427 g/mol. The summed E-state index contributed by atoms with van der Waals surface area (Å²) in [5.41, 5.74) is 6.23. The molecule has 1 aliphatic carbocycles. The van der Waals surface area contributed by atoms with Crippen molar-refractivity contribution in [3.8, 4) is 0 Å². The number of benzene rings is 3. The number of aryl methyl sites for hydroxylation is 3. The summed E-state index contributed by atoms with van der Waals surface area (Å²) in [6, 6.07) is 26.0. The largest absolute Gasteiger partial charge is 0.207 e. The Kier molecular flexibility index (Phi) is 9.35. The summed E-state index contributed by atoms with van der Waals surface area (Å²) in [5.74, 6) is 2.16. The first kappa shape index (κ1) is 25.4. The summed E-state index contributed by atoms with van der Waals surface area (Å²) in [6.45, 7) is 4.39. The van der Waals surface area contributed by atoms with Crippen LogP contribution in [0.25, 0.3) is 0 Å². The molecule has 0 heterocycles. The van der Waals surface area contributed by atoms with Crippen LogP contribution in [0, 0.1) is 11.7 Å². The Morgan fingerprint density at radius 2 is 1.51 bits per heavy atom. The van der Waals surface area contributed by atoms with Gasteiger partial charge in [-0.3, -0.25) is 0 Å². The first-order chi connectivity index (χ1) is 17.1. The molecule has 0 N–H and O–H groups in total. The van der Waals surface area contributed by atoms with E-state index in [4.69, 9.17) is 0 Å². The number of allylic oxidation sites excluding steroid dienone is 2. The highest BCUT2D eigenvalue weighted by Gasteiger charge is 2.24. The molecule has 0 aromatic heterocycles. The zero-order chi connectivity index (χ0) is 24.5. The van der Waals surface area contributed by atoms with Gasteiger partial charge in [0.15, 0.2) is 0 Å². The highest BCUT2D eigenvalue weighted by atomic mass is 19.1. The fourth-order valence-electron chi connectivity index (χ4n) is 5.75. The Morgan fingerprint density at radius 1 is 0.829 bits per heavy atom. The second-order valence-corrected chi connectivity index (χ2v) is 10.5. The van der Waals surface area contributed by atoms with Gasteiger partial charge < -0.3 is 0 Å². The van der Waals surface area contributed by atoms with Gasteiger partial charge in [-0.1, -0.05) is 85.8 Å². The van der Waals surface area contributed by atoms with E-state index in [9.17, 15) is 4.39 Å². The molecular formula is C34H41F. The van der Waals surface area contributed by atoms with E-state index in [2.05, 4.69) is 73.7 Å². The molecule has 0 aliphatic heterocycles. The monoisotopic (exact) mass is 468 g/mol. The van der Waals surface area contributed by atoms with Crippen LogP contribution in [-0.2, 0) is 19.3 Å². The number of rotatable bonds is 10. The zero-order valence-corrected chi connectivity index (χ0v) is 21.6. The van der Waals surface area contributed by atoms with Crippen LogP contribution in [0.2, 0.25) is 0 Å². The van der Waals surface area contributed by atoms with Gasteiger partial charge in [0.05, 0.1) is 0 Å². The van der Waals surface area contributed by atoms with Crippen LogP contribution in [0.1, 0.15) is 92.0 Å². The summed E-state index contributed by atoms with van der Waals surface area (Å²) in [7, 11) is 0. The lowest BCUT2D eigenvalue weighted by molar-refractivity contribution is 0.297. The third kappa shape index (κ3) is 7.40. The lowest BCUT2D eigenvalue weighted by Crippen LogP contribution is -2.15. The average Bonchev–Trinajstić information content (AvgIpc) is 2.90. The predicted molar refractivity (Wildman–Crippen MR) is 148 cm³/mol. The second-order valence-electron chi connectivity index (χ2n) is 10.5. The highest BCUT2D eigenvalue weighted by molar-refractivity contribution is 5.29. The van der Waals surface area contributed by atoms with E-state index in [0.29, 0.717) is 11.8 Å². The molecule has 0 amide bonds. The lowest BCUT2D eigenvalue weighted by Gasteiger charge is -2.30. The Balaban J connectivity index is 1.23. The summed E-state index contributed by atoms with van der Waals surface area (Å²) >= 11 is 0. The number of halogens is 1. The van der Waals surface area contributed by atoms with Gasteiger partial charge in [-0.25, -0.2) is 4.39 Å². The van der Waals surface area contributed by atoms with Crippen LogP contribution < -0.4 is 0 Å². The third-order valence-corrected chi connectivity index (χ3v) is 7.99. The van der Waals surface area contributed by atoms with Crippen molar-refractivity contribution in [3.05, 3.63) is 119 Å². The van der Waals surface area contributed by atoms with Gasteiger partial charge in [-0.15, -0.1) is 0 Å². The number of hydrogen-bond acceptors (Lipinski definition) is 0. The average molecular weight is 469 g/mol. The molecule has 1 fully saturated rings. The molecule has 1 heteroatoms. The van der Waals surface area contributed by atoms with Gasteiger partial charge in [-0.2, -0.15) is 0 Å². The summed E-state index contributed by atoms with van der Waals surface area (Å²) in [4.78, 5) is 0. The van der Waals surface area contributed by atoms with Crippen LogP contribution in [-0.4, -0.2) is 0 Å². The molecule has 0 nitrogen and oxygen atoms in total. The van der Waals surface area contributed by atoms with Crippen molar-refractivity contribution in [3.63, 3.8) is 0 Å². The molecule has 0 unspecified atom stereocenters. The minimum atomic E-state index is -0.0592.